The Labute approximate surface area is 143 Å². The first-order valence-corrected chi connectivity index (χ1v) is 8.00. The Kier molecular flexibility index (Phi) is 4.83. The van der Waals surface area contributed by atoms with Gasteiger partial charge in [0, 0.05) is 16.7 Å². The Morgan fingerprint density at radius 2 is 1.96 bits per heavy atom. The highest BCUT2D eigenvalue weighted by Crippen LogP contribution is 2.19. The number of hydrogen-bond acceptors (Lipinski definition) is 5. The molecule has 2 N–H and O–H groups in total. The molecule has 0 saturated heterocycles. The first-order chi connectivity index (χ1) is 11.2. The number of nitrogens with one attached hydrogen (secondary N) is 2. The highest BCUT2D eigenvalue weighted by molar-refractivity contribution is 9.10. The zero-order valence-corrected chi connectivity index (χ0v) is 14.2. The quantitative estimate of drug-likeness (QED) is 0.701. The third-order valence-electron chi connectivity index (χ3n) is 3.19. The van der Waals surface area contributed by atoms with Crippen LogP contribution in [0.2, 0.25) is 0 Å². The fourth-order valence-corrected chi connectivity index (χ4v) is 2.56. The van der Waals surface area contributed by atoms with Gasteiger partial charge in [-0.1, -0.05) is 51.8 Å². The van der Waals surface area contributed by atoms with E-state index >= 15 is 0 Å². The van der Waals surface area contributed by atoms with Crippen molar-refractivity contribution in [2.24, 2.45) is 0 Å². The lowest BCUT2D eigenvalue weighted by Gasteiger charge is -2.08. The van der Waals surface area contributed by atoms with Crippen LogP contribution in [0.1, 0.15) is 11.1 Å². The molecule has 0 fully saturated rings. The molecule has 23 heavy (non-hydrogen) atoms. The summed E-state index contributed by atoms with van der Waals surface area (Å²) in [5.74, 6) is 1.14. The Balaban J connectivity index is 1.67. The summed E-state index contributed by atoms with van der Waals surface area (Å²) in [6, 6.07) is 16.2. The number of anilines is 3. The number of benzene rings is 2. The Morgan fingerprint density at radius 1 is 1.09 bits per heavy atom. The van der Waals surface area contributed by atoms with E-state index in [9.17, 15) is 0 Å². The highest BCUT2D eigenvalue weighted by Gasteiger charge is 2.02. The minimum atomic E-state index is 0.492. The van der Waals surface area contributed by atoms with Crippen molar-refractivity contribution in [1.29, 1.82) is 0 Å². The second-order valence-electron chi connectivity index (χ2n) is 5.14. The summed E-state index contributed by atoms with van der Waals surface area (Å²) in [7, 11) is 0. The van der Waals surface area contributed by atoms with Gasteiger partial charge in [0.2, 0.25) is 5.95 Å². The molecule has 1 aromatic heterocycles. The Hall–Kier alpha value is -2.47. The van der Waals surface area contributed by atoms with Gasteiger partial charge < -0.3 is 10.6 Å². The number of aromatic nitrogens is 3. The van der Waals surface area contributed by atoms with Crippen molar-refractivity contribution in [2.45, 2.75) is 13.5 Å². The van der Waals surface area contributed by atoms with Crippen LogP contribution in [0.3, 0.4) is 0 Å². The Bertz CT molecular complexity index is 806. The molecule has 0 saturated carbocycles. The molecule has 3 aromatic rings. The molecule has 1 heterocycles. The third kappa shape index (κ3) is 4.50. The van der Waals surface area contributed by atoms with Gasteiger partial charge in [0.25, 0.3) is 0 Å². The molecule has 0 aliphatic heterocycles. The van der Waals surface area contributed by atoms with Crippen LogP contribution in [0.5, 0.6) is 0 Å². The van der Waals surface area contributed by atoms with Crippen LogP contribution in [0.25, 0.3) is 0 Å². The van der Waals surface area contributed by atoms with Crippen LogP contribution in [0, 0.1) is 6.92 Å². The lowest BCUT2D eigenvalue weighted by atomic mass is 10.1. The van der Waals surface area contributed by atoms with Crippen LogP contribution in [0.4, 0.5) is 17.5 Å². The van der Waals surface area contributed by atoms with Crippen molar-refractivity contribution < 1.29 is 0 Å². The van der Waals surface area contributed by atoms with E-state index < -0.39 is 0 Å². The SMILES string of the molecule is Cc1cccc(CNc2nncc(Nc3cccc(Br)c3)n2)c1. The zero-order valence-electron chi connectivity index (χ0n) is 12.6. The smallest absolute Gasteiger partial charge is 0.244 e. The Morgan fingerprint density at radius 3 is 2.78 bits per heavy atom. The van der Waals surface area contributed by atoms with E-state index in [-0.39, 0.29) is 0 Å². The second-order valence-corrected chi connectivity index (χ2v) is 6.06. The van der Waals surface area contributed by atoms with Crippen LogP contribution < -0.4 is 10.6 Å². The van der Waals surface area contributed by atoms with Crippen molar-refractivity contribution in [3.05, 3.63) is 70.3 Å². The molecule has 0 spiro atoms. The van der Waals surface area contributed by atoms with E-state index in [0.717, 1.165) is 10.2 Å². The highest BCUT2D eigenvalue weighted by atomic mass is 79.9. The van der Waals surface area contributed by atoms with Gasteiger partial charge >= 0.3 is 0 Å². The fourth-order valence-electron chi connectivity index (χ4n) is 2.16. The summed E-state index contributed by atoms with van der Waals surface area (Å²) in [5.41, 5.74) is 3.34. The van der Waals surface area contributed by atoms with Gasteiger partial charge in [-0.25, -0.2) is 0 Å². The van der Waals surface area contributed by atoms with Gasteiger partial charge in [0.05, 0.1) is 6.20 Å². The standard InChI is InChI=1S/C17H16BrN5/c1-12-4-2-5-13(8-12)10-19-17-22-16(11-20-23-17)21-15-7-3-6-14(18)9-15/h2-9,11H,10H2,1H3,(H2,19,21,22,23). The first kappa shape index (κ1) is 15.4. The van der Waals surface area contributed by atoms with E-state index in [1.165, 1.54) is 11.1 Å². The van der Waals surface area contributed by atoms with Crippen molar-refractivity contribution in [1.82, 2.24) is 15.2 Å². The number of halogens is 1. The zero-order chi connectivity index (χ0) is 16.1. The summed E-state index contributed by atoms with van der Waals surface area (Å²) in [4.78, 5) is 4.42. The predicted octanol–water partition coefficient (Wildman–Crippen LogP) is 4.30. The maximum atomic E-state index is 4.42. The van der Waals surface area contributed by atoms with Crippen molar-refractivity contribution in [3.63, 3.8) is 0 Å². The van der Waals surface area contributed by atoms with E-state index in [4.69, 9.17) is 0 Å². The molecule has 3 rings (SSSR count). The molecule has 0 bridgehead atoms. The normalized spacial score (nSPS) is 10.3. The maximum absolute atomic E-state index is 4.42. The molecule has 0 aliphatic rings. The summed E-state index contributed by atoms with van der Waals surface area (Å²) in [5, 5.41) is 14.4. The molecule has 5 nitrogen and oxygen atoms in total. The molecule has 6 heteroatoms. The number of nitrogens with zero attached hydrogens (tertiary/aromatic N) is 3. The van der Waals surface area contributed by atoms with Crippen LogP contribution in [0.15, 0.2) is 59.2 Å². The average Bonchev–Trinajstić information content (AvgIpc) is 2.53. The van der Waals surface area contributed by atoms with Crippen LogP contribution in [-0.4, -0.2) is 15.2 Å². The van der Waals surface area contributed by atoms with Gasteiger partial charge in [0.15, 0.2) is 5.82 Å². The van der Waals surface area contributed by atoms with E-state index in [2.05, 4.69) is 66.9 Å². The number of hydrogen-bond donors (Lipinski definition) is 2. The number of aryl methyl sites for hydroxylation is 1. The molecule has 0 amide bonds. The molecule has 0 atom stereocenters. The van der Waals surface area contributed by atoms with Crippen LogP contribution >= 0.6 is 15.9 Å². The van der Waals surface area contributed by atoms with Gasteiger partial charge in [0.1, 0.15) is 0 Å². The molecule has 116 valence electrons. The maximum Gasteiger partial charge on any atom is 0.244 e. The van der Waals surface area contributed by atoms with E-state index in [0.29, 0.717) is 18.3 Å². The van der Waals surface area contributed by atoms with Gasteiger partial charge in [-0.2, -0.15) is 10.1 Å². The average molecular weight is 370 g/mol. The minimum Gasteiger partial charge on any atom is -0.349 e. The fraction of sp³-hybridized carbons (Fsp3) is 0.118. The van der Waals surface area contributed by atoms with Crippen molar-refractivity contribution in [2.75, 3.05) is 10.6 Å². The van der Waals surface area contributed by atoms with Crippen LogP contribution in [-0.2, 0) is 6.54 Å². The van der Waals surface area contributed by atoms with Crippen molar-refractivity contribution >= 4 is 33.4 Å². The van der Waals surface area contributed by atoms with Gasteiger partial charge in [-0.15, -0.1) is 5.10 Å². The van der Waals surface area contributed by atoms with Gasteiger partial charge in [-0.05, 0) is 30.7 Å². The third-order valence-corrected chi connectivity index (χ3v) is 3.68. The largest absolute Gasteiger partial charge is 0.349 e. The second kappa shape index (κ2) is 7.19. The molecule has 0 radical (unpaired) electrons. The minimum absolute atomic E-state index is 0.492. The summed E-state index contributed by atoms with van der Waals surface area (Å²) in [6.45, 7) is 2.73. The monoisotopic (exact) mass is 369 g/mol. The van der Waals surface area contributed by atoms with Crippen molar-refractivity contribution in [3.8, 4) is 0 Å². The molecule has 0 unspecified atom stereocenters. The van der Waals surface area contributed by atoms with Gasteiger partial charge in [-0.3, -0.25) is 0 Å². The lowest BCUT2D eigenvalue weighted by Crippen LogP contribution is -2.06. The van der Waals surface area contributed by atoms with E-state index in [1.807, 2.05) is 30.3 Å². The number of rotatable bonds is 5. The molecular formula is C17H16BrN5. The summed E-state index contributed by atoms with van der Waals surface area (Å²) >= 11 is 3.45. The topological polar surface area (TPSA) is 62.7 Å². The molecular weight excluding hydrogens is 354 g/mol. The lowest BCUT2D eigenvalue weighted by molar-refractivity contribution is 0.948. The molecule has 0 aliphatic carbocycles. The summed E-state index contributed by atoms with van der Waals surface area (Å²) in [6.07, 6.45) is 1.60. The summed E-state index contributed by atoms with van der Waals surface area (Å²) < 4.78 is 1.00. The predicted molar refractivity (Wildman–Crippen MR) is 95.8 cm³/mol. The molecule has 2 aromatic carbocycles. The first-order valence-electron chi connectivity index (χ1n) is 7.21. The van der Waals surface area contributed by atoms with E-state index in [1.54, 1.807) is 6.20 Å².